The minimum absolute atomic E-state index is 0.109. The molecule has 0 aromatic heterocycles. The molecule has 9 nitrogen and oxygen atoms in total. The van der Waals surface area contributed by atoms with E-state index in [1.165, 1.54) is 24.3 Å². The van der Waals surface area contributed by atoms with Crippen molar-refractivity contribution in [2.24, 2.45) is 11.7 Å². The first-order chi connectivity index (χ1) is 14.9. The molecule has 2 rings (SSSR count). The molecular weight excluding hydrogens is 465 g/mol. The maximum Gasteiger partial charge on any atom is 0.338 e. The van der Waals surface area contributed by atoms with Gasteiger partial charge >= 0.3 is 12.0 Å². The highest BCUT2D eigenvalue weighted by Crippen LogP contribution is 2.19. The largest absolute Gasteiger partial charge is 0.448 e. The van der Waals surface area contributed by atoms with Crippen molar-refractivity contribution in [3.8, 4) is 0 Å². The standard InChI is InChI=1S/C20H21ClFN3O6S/c1-11(2)17(18(26)25-20(23)28)31-19(27)13-5-3-12(4-6-13)10-24-32(29,30)14-7-8-16(22)15(21)9-14/h3-9,11,17,24H,10H2,1-2H3,(H3,23,25,26,28). The first kappa shape index (κ1) is 25.2. The van der Waals surface area contributed by atoms with E-state index in [0.29, 0.717) is 5.56 Å². The number of nitrogens with one attached hydrogen (secondary N) is 2. The quantitative estimate of drug-likeness (QED) is 0.489. The van der Waals surface area contributed by atoms with Crippen molar-refractivity contribution in [2.75, 3.05) is 0 Å². The molecule has 172 valence electrons. The number of urea groups is 1. The van der Waals surface area contributed by atoms with Gasteiger partial charge in [0.15, 0.2) is 6.10 Å². The Hall–Kier alpha value is -3.02. The number of carbonyl (C=O) groups excluding carboxylic acids is 3. The van der Waals surface area contributed by atoms with Crippen LogP contribution in [0, 0.1) is 11.7 Å². The molecule has 0 radical (unpaired) electrons. The average Bonchev–Trinajstić information content (AvgIpc) is 2.71. The molecule has 0 heterocycles. The second kappa shape index (κ2) is 10.5. The van der Waals surface area contributed by atoms with E-state index >= 15 is 0 Å². The Morgan fingerprint density at radius 1 is 1.12 bits per heavy atom. The van der Waals surface area contributed by atoms with Gasteiger partial charge in [0.2, 0.25) is 10.0 Å². The number of sulfonamides is 1. The van der Waals surface area contributed by atoms with Crippen LogP contribution in [-0.2, 0) is 26.1 Å². The van der Waals surface area contributed by atoms with Gasteiger partial charge in [-0.2, -0.15) is 0 Å². The number of halogens is 2. The molecule has 1 unspecified atom stereocenters. The second-order valence-corrected chi connectivity index (χ2v) is 9.19. The van der Waals surface area contributed by atoms with Crippen molar-refractivity contribution in [3.63, 3.8) is 0 Å². The topological polar surface area (TPSA) is 145 Å². The van der Waals surface area contributed by atoms with Crippen LogP contribution in [0.2, 0.25) is 5.02 Å². The molecule has 0 aliphatic rings. The van der Waals surface area contributed by atoms with Gasteiger partial charge in [0.05, 0.1) is 15.5 Å². The summed E-state index contributed by atoms with van der Waals surface area (Å²) in [5.41, 5.74) is 5.55. The number of rotatable bonds is 8. The summed E-state index contributed by atoms with van der Waals surface area (Å²) >= 11 is 5.62. The van der Waals surface area contributed by atoms with Crippen LogP contribution in [0.4, 0.5) is 9.18 Å². The van der Waals surface area contributed by atoms with Crippen molar-refractivity contribution < 1.29 is 31.9 Å². The number of hydrogen-bond acceptors (Lipinski definition) is 6. The van der Waals surface area contributed by atoms with Crippen LogP contribution in [-0.4, -0.2) is 32.4 Å². The third kappa shape index (κ3) is 6.74. The van der Waals surface area contributed by atoms with Gasteiger partial charge in [0.1, 0.15) is 5.82 Å². The highest BCUT2D eigenvalue weighted by molar-refractivity contribution is 7.89. The summed E-state index contributed by atoms with van der Waals surface area (Å²) in [6.45, 7) is 3.15. The van der Waals surface area contributed by atoms with Gasteiger partial charge in [-0.1, -0.05) is 37.6 Å². The smallest absolute Gasteiger partial charge is 0.338 e. The number of hydrogen-bond donors (Lipinski definition) is 3. The highest BCUT2D eigenvalue weighted by Gasteiger charge is 2.28. The number of imide groups is 1. The number of carbonyl (C=O) groups is 3. The van der Waals surface area contributed by atoms with Crippen molar-refractivity contribution in [1.82, 2.24) is 10.0 Å². The average molecular weight is 486 g/mol. The maximum atomic E-state index is 13.2. The van der Waals surface area contributed by atoms with Crippen LogP contribution < -0.4 is 15.8 Å². The molecule has 2 aromatic rings. The second-order valence-electron chi connectivity index (χ2n) is 7.02. The minimum atomic E-state index is -3.94. The lowest BCUT2D eigenvalue weighted by Crippen LogP contribution is -2.45. The van der Waals surface area contributed by atoms with Crippen molar-refractivity contribution in [2.45, 2.75) is 31.4 Å². The number of amides is 3. The third-order valence-electron chi connectivity index (χ3n) is 4.20. The van der Waals surface area contributed by atoms with Crippen LogP contribution >= 0.6 is 11.6 Å². The van der Waals surface area contributed by atoms with E-state index < -0.39 is 45.8 Å². The van der Waals surface area contributed by atoms with Crippen molar-refractivity contribution >= 4 is 39.5 Å². The zero-order valence-corrected chi connectivity index (χ0v) is 18.7. The van der Waals surface area contributed by atoms with E-state index in [4.69, 9.17) is 22.1 Å². The molecule has 3 amide bonds. The zero-order chi connectivity index (χ0) is 24.1. The summed E-state index contributed by atoms with van der Waals surface area (Å²) in [6, 6.07) is 7.74. The first-order valence-electron chi connectivity index (χ1n) is 9.25. The number of nitrogens with two attached hydrogens (primary N) is 1. The van der Waals surface area contributed by atoms with Gasteiger partial charge in [0.25, 0.3) is 5.91 Å². The van der Waals surface area contributed by atoms with Crippen LogP contribution in [0.3, 0.4) is 0 Å². The summed E-state index contributed by atoms with van der Waals surface area (Å²) < 4.78 is 45.4. The summed E-state index contributed by atoms with van der Waals surface area (Å²) in [4.78, 5) is 35.0. The molecule has 32 heavy (non-hydrogen) atoms. The Morgan fingerprint density at radius 2 is 1.75 bits per heavy atom. The molecule has 2 aromatic carbocycles. The van der Waals surface area contributed by atoms with Crippen LogP contribution in [0.1, 0.15) is 29.8 Å². The van der Waals surface area contributed by atoms with Gasteiger partial charge in [0, 0.05) is 6.54 Å². The summed E-state index contributed by atoms with van der Waals surface area (Å²) in [7, 11) is -3.94. The van der Waals surface area contributed by atoms with Crippen molar-refractivity contribution in [3.05, 3.63) is 64.4 Å². The van der Waals surface area contributed by atoms with Gasteiger partial charge in [-0.3, -0.25) is 10.1 Å². The first-order valence-corrected chi connectivity index (χ1v) is 11.1. The monoisotopic (exact) mass is 485 g/mol. The highest BCUT2D eigenvalue weighted by atomic mass is 35.5. The maximum absolute atomic E-state index is 13.2. The SMILES string of the molecule is CC(C)C(OC(=O)c1ccc(CNS(=O)(=O)c2ccc(F)c(Cl)c2)cc1)C(=O)NC(N)=O. The lowest BCUT2D eigenvalue weighted by atomic mass is 10.1. The summed E-state index contributed by atoms with van der Waals surface area (Å²) in [5.74, 6) is -2.81. The fraction of sp³-hybridized carbons (Fsp3) is 0.250. The van der Waals surface area contributed by atoms with Gasteiger partial charge in [-0.25, -0.2) is 27.1 Å². The van der Waals surface area contributed by atoms with E-state index in [9.17, 15) is 27.2 Å². The van der Waals surface area contributed by atoms with Crippen molar-refractivity contribution in [1.29, 1.82) is 0 Å². The molecule has 0 spiro atoms. The molecular formula is C20H21ClFN3O6S. The minimum Gasteiger partial charge on any atom is -0.448 e. The lowest BCUT2D eigenvalue weighted by Gasteiger charge is -2.19. The third-order valence-corrected chi connectivity index (χ3v) is 5.89. The Kier molecular flexibility index (Phi) is 8.31. The number of benzene rings is 2. The Bertz CT molecular complexity index is 1120. The van der Waals surface area contributed by atoms with E-state index in [0.717, 1.165) is 18.2 Å². The van der Waals surface area contributed by atoms with E-state index in [2.05, 4.69) is 4.72 Å². The van der Waals surface area contributed by atoms with E-state index in [1.54, 1.807) is 13.8 Å². The predicted octanol–water partition coefficient (Wildman–Crippen LogP) is 2.33. The zero-order valence-electron chi connectivity index (χ0n) is 17.1. The number of ether oxygens (including phenoxy) is 1. The fourth-order valence-electron chi connectivity index (χ4n) is 2.53. The summed E-state index contributed by atoms with van der Waals surface area (Å²) in [5, 5.41) is 1.55. The van der Waals surface area contributed by atoms with Crippen LogP contribution in [0.25, 0.3) is 0 Å². The van der Waals surface area contributed by atoms with Gasteiger partial charge in [-0.05, 0) is 41.8 Å². The molecule has 0 saturated carbocycles. The molecule has 0 aliphatic heterocycles. The van der Waals surface area contributed by atoms with E-state index in [-0.39, 0.29) is 22.0 Å². The lowest BCUT2D eigenvalue weighted by molar-refractivity contribution is -0.130. The van der Waals surface area contributed by atoms with E-state index in [1.807, 2.05) is 5.32 Å². The molecule has 0 aliphatic carbocycles. The molecule has 4 N–H and O–H groups in total. The molecule has 1 atom stereocenters. The molecule has 0 fully saturated rings. The van der Waals surface area contributed by atoms with Gasteiger partial charge in [-0.15, -0.1) is 0 Å². The van der Waals surface area contributed by atoms with Gasteiger partial charge < -0.3 is 10.5 Å². The molecule has 12 heteroatoms. The Balaban J connectivity index is 2.04. The number of primary amides is 1. The van der Waals surface area contributed by atoms with Crippen LogP contribution in [0.5, 0.6) is 0 Å². The Labute approximate surface area is 189 Å². The normalized spacial score (nSPS) is 12.3. The fourth-order valence-corrected chi connectivity index (χ4v) is 3.82. The predicted molar refractivity (Wildman–Crippen MR) is 114 cm³/mol. The number of esters is 1. The Morgan fingerprint density at radius 3 is 2.28 bits per heavy atom. The summed E-state index contributed by atoms with van der Waals surface area (Å²) in [6.07, 6.45) is -1.23. The molecule has 0 saturated heterocycles. The van der Waals surface area contributed by atoms with Crippen LogP contribution in [0.15, 0.2) is 47.4 Å². The molecule has 0 bridgehead atoms.